The summed E-state index contributed by atoms with van der Waals surface area (Å²) in [5.41, 5.74) is -5.18. The number of amides is 2. The molecular formula is C37H38F4N4O7S2. The molecule has 2 aromatic heterocycles. The molecule has 5 rings (SSSR count). The summed E-state index contributed by atoms with van der Waals surface area (Å²) in [5.74, 6) is -3.25. The molecule has 0 radical (unpaired) electrons. The van der Waals surface area contributed by atoms with Crippen molar-refractivity contribution in [2.45, 2.75) is 70.5 Å². The van der Waals surface area contributed by atoms with Gasteiger partial charge in [-0.15, -0.1) is 11.3 Å². The third kappa shape index (κ3) is 9.60. The number of hydrogen-bond donors (Lipinski definition) is 1. The van der Waals surface area contributed by atoms with Crippen molar-refractivity contribution in [1.29, 1.82) is 0 Å². The Morgan fingerprint density at radius 1 is 0.926 bits per heavy atom. The van der Waals surface area contributed by atoms with Crippen LogP contribution in [-0.4, -0.2) is 71.3 Å². The number of hydrogen-bond acceptors (Lipinski definition) is 10. The number of carbonyl (C=O) groups is 3. The highest BCUT2D eigenvalue weighted by molar-refractivity contribution is 7.88. The highest BCUT2D eigenvalue weighted by atomic mass is 32.2. The van der Waals surface area contributed by atoms with Crippen molar-refractivity contribution >= 4 is 39.2 Å². The van der Waals surface area contributed by atoms with E-state index in [-0.39, 0.29) is 53.8 Å². The highest BCUT2D eigenvalue weighted by Gasteiger charge is 2.48. The maximum Gasteiger partial charge on any atom is 0.534 e. The van der Waals surface area contributed by atoms with Crippen molar-refractivity contribution in [2.24, 2.45) is 5.92 Å². The minimum absolute atomic E-state index is 0.108. The van der Waals surface area contributed by atoms with E-state index >= 15 is 0 Å². The maximum absolute atomic E-state index is 14.8. The zero-order valence-electron chi connectivity index (χ0n) is 30.2. The summed E-state index contributed by atoms with van der Waals surface area (Å²) in [6.45, 7) is 11.8. The Morgan fingerprint density at radius 3 is 2.09 bits per heavy atom. The molecule has 3 heterocycles. The van der Waals surface area contributed by atoms with Crippen LogP contribution in [0.15, 0.2) is 67.0 Å². The smallest absolute Gasteiger partial charge is 0.460 e. The second kappa shape index (κ2) is 15.1. The van der Waals surface area contributed by atoms with Gasteiger partial charge in [-0.2, -0.15) is 21.6 Å². The number of thiophene rings is 1. The van der Waals surface area contributed by atoms with Gasteiger partial charge in [-0.3, -0.25) is 14.4 Å². The van der Waals surface area contributed by atoms with Gasteiger partial charge in [0.1, 0.15) is 23.2 Å². The summed E-state index contributed by atoms with van der Waals surface area (Å²) >= 11 is 1.35. The summed E-state index contributed by atoms with van der Waals surface area (Å²) in [7, 11) is -5.97. The normalized spacial score (nSPS) is 14.6. The fourth-order valence-electron chi connectivity index (χ4n) is 5.30. The average molecular weight is 791 g/mol. The predicted octanol–water partition coefficient (Wildman–Crippen LogP) is 6.68. The molecule has 1 aliphatic heterocycles. The Balaban J connectivity index is 1.29. The summed E-state index contributed by atoms with van der Waals surface area (Å²) < 4.78 is 84.6. The second-order valence-electron chi connectivity index (χ2n) is 14.7. The van der Waals surface area contributed by atoms with E-state index in [0.29, 0.717) is 22.1 Å². The number of ether oxygens (including phenoxy) is 1. The van der Waals surface area contributed by atoms with E-state index in [1.165, 1.54) is 28.6 Å². The van der Waals surface area contributed by atoms with Gasteiger partial charge in [0, 0.05) is 59.5 Å². The van der Waals surface area contributed by atoms with Crippen molar-refractivity contribution in [2.75, 3.05) is 13.1 Å². The number of nitrogens with zero attached hydrogens (tertiary/aromatic N) is 3. The zero-order chi connectivity index (χ0) is 39.8. The Kier molecular flexibility index (Phi) is 11.3. The Labute approximate surface area is 313 Å². The first-order valence-corrected chi connectivity index (χ1v) is 18.9. The summed E-state index contributed by atoms with van der Waals surface area (Å²) in [5, 5.41) is 2.89. The van der Waals surface area contributed by atoms with Crippen LogP contribution in [-0.2, 0) is 36.3 Å². The fourth-order valence-corrected chi connectivity index (χ4v) is 6.72. The SMILES string of the molecule is CC(C)(C)OC(=O)C1CN(C(=O)[C@H](Cc2ccc(-c3ncc(-c4ccc(OS(=O)(=O)C(F)(F)F)cc4F)cn3)cc2)NC(=O)c2ccc(C(C)(C)C)s2)C1. The molecule has 0 aliphatic carbocycles. The number of carbonyl (C=O) groups excluding carboxylic acids is 3. The molecular weight excluding hydrogens is 753 g/mol. The minimum Gasteiger partial charge on any atom is -0.460 e. The quantitative estimate of drug-likeness (QED) is 0.0806. The van der Waals surface area contributed by atoms with E-state index in [1.54, 1.807) is 51.1 Å². The number of aromatic nitrogens is 2. The molecule has 11 nitrogen and oxygen atoms in total. The van der Waals surface area contributed by atoms with E-state index < -0.39 is 50.7 Å². The Morgan fingerprint density at radius 2 is 1.56 bits per heavy atom. The molecule has 2 amide bonds. The molecule has 54 heavy (non-hydrogen) atoms. The second-order valence-corrected chi connectivity index (χ2v) is 17.4. The molecule has 0 unspecified atom stereocenters. The molecule has 0 saturated carbocycles. The van der Waals surface area contributed by atoms with E-state index in [0.717, 1.165) is 17.0 Å². The summed E-state index contributed by atoms with van der Waals surface area (Å²) in [6.07, 6.45) is 2.72. The van der Waals surface area contributed by atoms with Gasteiger partial charge in [0.15, 0.2) is 5.82 Å². The molecule has 1 fully saturated rings. The third-order valence-corrected chi connectivity index (χ3v) is 10.6. The number of halogens is 4. The average Bonchev–Trinajstić information content (AvgIpc) is 3.55. The van der Waals surface area contributed by atoms with Crippen molar-refractivity contribution in [3.05, 3.63) is 88.1 Å². The molecule has 1 saturated heterocycles. The van der Waals surface area contributed by atoms with Crippen LogP contribution in [0.1, 0.15) is 61.7 Å². The lowest BCUT2D eigenvalue weighted by molar-refractivity contribution is -0.168. The van der Waals surface area contributed by atoms with Gasteiger partial charge in [-0.1, -0.05) is 45.0 Å². The van der Waals surface area contributed by atoms with Gasteiger partial charge in [-0.25, -0.2) is 14.4 Å². The van der Waals surface area contributed by atoms with Crippen molar-refractivity contribution in [3.8, 4) is 28.3 Å². The fraction of sp³-hybridized carbons (Fsp3) is 0.378. The van der Waals surface area contributed by atoms with Gasteiger partial charge >= 0.3 is 21.6 Å². The van der Waals surface area contributed by atoms with Crippen molar-refractivity contribution in [1.82, 2.24) is 20.2 Å². The van der Waals surface area contributed by atoms with Crippen LogP contribution in [0.3, 0.4) is 0 Å². The number of likely N-dealkylation sites (tertiary alicyclic amines) is 1. The van der Waals surface area contributed by atoms with E-state index in [2.05, 4.69) is 19.5 Å². The molecule has 4 aromatic rings. The molecule has 17 heteroatoms. The van der Waals surface area contributed by atoms with Gasteiger partial charge in [0.05, 0.1) is 10.8 Å². The van der Waals surface area contributed by atoms with E-state index in [4.69, 9.17) is 4.74 Å². The highest BCUT2D eigenvalue weighted by Crippen LogP contribution is 2.32. The first kappa shape index (κ1) is 40.3. The van der Waals surface area contributed by atoms with Crippen LogP contribution in [0.2, 0.25) is 0 Å². The number of alkyl halides is 3. The van der Waals surface area contributed by atoms with Gasteiger partial charge in [0.25, 0.3) is 5.91 Å². The third-order valence-electron chi connectivity index (χ3n) is 8.15. The minimum atomic E-state index is -5.97. The summed E-state index contributed by atoms with van der Waals surface area (Å²) in [4.78, 5) is 51.2. The Hall–Kier alpha value is -4.90. The number of nitrogens with one attached hydrogen (secondary N) is 1. The van der Waals surface area contributed by atoms with Crippen LogP contribution in [0.25, 0.3) is 22.5 Å². The lowest BCUT2D eigenvalue weighted by atomic mass is 9.95. The molecule has 2 aromatic carbocycles. The molecule has 288 valence electrons. The lowest BCUT2D eigenvalue weighted by Crippen LogP contribution is -2.59. The molecule has 1 atom stereocenters. The Bertz CT molecular complexity index is 2140. The number of esters is 1. The molecule has 1 aliphatic rings. The molecule has 0 bridgehead atoms. The summed E-state index contributed by atoms with van der Waals surface area (Å²) in [6, 6.07) is 12.0. The first-order valence-electron chi connectivity index (χ1n) is 16.7. The van der Waals surface area contributed by atoms with Crippen LogP contribution >= 0.6 is 11.3 Å². The first-order chi connectivity index (χ1) is 25.0. The predicted molar refractivity (Wildman–Crippen MR) is 192 cm³/mol. The van der Waals surface area contributed by atoms with Crippen molar-refractivity contribution < 1.29 is 49.3 Å². The van der Waals surface area contributed by atoms with Crippen LogP contribution < -0.4 is 9.50 Å². The van der Waals surface area contributed by atoms with Crippen LogP contribution in [0.5, 0.6) is 5.75 Å². The van der Waals surface area contributed by atoms with E-state index in [9.17, 15) is 40.4 Å². The van der Waals surface area contributed by atoms with Crippen molar-refractivity contribution in [3.63, 3.8) is 0 Å². The van der Waals surface area contributed by atoms with Crippen LogP contribution in [0.4, 0.5) is 17.6 Å². The van der Waals surface area contributed by atoms with Gasteiger partial charge in [0.2, 0.25) is 5.91 Å². The lowest BCUT2D eigenvalue weighted by Gasteiger charge is -2.40. The van der Waals surface area contributed by atoms with E-state index in [1.807, 2.05) is 26.8 Å². The van der Waals surface area contributed by atoms with Gasteiger partial charge in [-0.05, 0) is 56.0 Å². The zero-order valence-corrected chi connectivity index (χ0v) is 31.8. The number of rotatable bonds is 10. The van der Waals surface area contributed by atoms with Gasteiger partial charge < -0.3 is 19.1 Å². The molecule has 0 spiro atoms. The standard InChI is InChI=1S/C37H38F4N4O7S2/c1-35(2,3)30-14-13-29(53-30)32(46)44-28(33(47)45-19-24(20-45)34(48)51-36(4,5)6)15-21-7-9-22(10-8-21)31-42-17-23(18-43-31)26-12-11-25(16-27(26)38)52-54(49,50)37(39,40)41/h7-14,16-18,24,28H,15,19-20H2,1-6H3,(H,44,46)/t28-/m0/s1. The van der Waals surface area contributed by atoms with Crippen LogP contribution in [0, 0.1) is 11.7 Å². The molecule has 1 N–H and O–H groups in total. The monoisotopic (exact) mass is 790 g/mol. The number of benzene rings is 2. The largest absolute Gasteiger partial charge is 0.534 e. The maximum atomic E-state index is 14.8. The topological polar surface area (TPSA) is 145 Å².